The first-order valence-electron chi connectivity index (χ1n) is 7.33. The molecule has 2 rings (SSSR count). The Balaban J connectivity index is 2.00. The maximum atomic E-state index is 12.2. The van der Waals surface area contributed by atoms with Gasteiger partial charge in [0.15, 0.2) is 0 Å². The number of nitrogens with one attached hydrogen (secondary N) is 1. The second-order valence-electron chi connectivity index (χ2n) is 5.39. The number of benzene rings is 1. The summed E-state index contributed by atoms with van der Waals surface area (Å²) in [7, 11) is 0. The van der Waals surface area contributed by atoms with Crippen LogP contribution in [-0.4, -0.2) is 40.8 Å². The van der Waals surface area contributed by atoms with Gasteiger partial charge in [0.1, 0.15) is 6.04 Å². The van der Waals surface area contributed by atoms with E-state index in [1.165, 1.54) is 24.3 Å². The molecule has 1 unspecified atom stereocenters. The molecule has 7 nitrogen and oxygen atoms in total. The molecule has 1 aromatic rings. The van der Waals surface area contributed by atoms with Crippen molar-refractivity contribution in [1.82, 2.24) is 10.2 Å². The fourth-order valence-electron chi connectivity index (χ4n) is 2.49. The van der Waals surface area contributed by atoms with Crippen LogP contribution in [0.1, 0.15) is 36.5 Å². The molecule has 1 N–H and O–H groups in total. The number of non-ortho nitro benzene ring substituents is 1. The van der Waals surface area contributed by atoms with Crippen molar-refractivity contribution < 1.29 is 14.5 Å². The van der Waals surface area contributed by atoms with E-state index in [1.54, 1.807) is 11.8 Å². The van der Waals surface area contributed by atoms with Crippen molar-refractivity contribution in [2.45, 2.75) is 32.2 Å². The van der Waals surface area contributed by atoms with Gasteiger partial charge in [-0.05, 0) is 32.3 Å². The molecule has 0 saturated carbocycles. The van der Waals surface area contributed by atoms with Crippen molar-refractivity contribution in [2.24, 2.45) is 0 Å². The lowest BCUT2D eigenvalue weighted by Gasteiger charge is -2.29. The van der Waals surface area contributed by atoms with E-state index in [0.717, 1.165) is 32.4 Å². The summed E-state index contributed by atoms with van der Waals surface area (Å²) in [5, 5.41) is 13.3. The van der Waals surface area contributed by atoms with Crippen molar-refractivity contribution in [3.63, 3.8) is 0 Å². The van der Waals surface area contributed by atoms with E-state index in [0.29, 0.717) is 0 Å². The van der Waals surface area contributed by atoms with E-state index in [9.17, 15) is 19.7 Å². The minimum atomic E-state index is -0.648. The van der Waals surface area contributed by atoms with Gasteiger partial charge in [0.2, 0.25) is 5.91 Å². The summed E-state index contributed by atoms with van der Waals surface area (Å²) in [5.74, 6) is -0.597. The number of nitrogens with zero attached hydrogens (tertiary/aromatic N) is 2. The van der Waals surface area contributed by atoms with Crippen LogP contribution in [0.2, 0.25) is 0 Å². The second kappa shape index (κ2) is 7.02. The van der Waals surface area contributed by atoms with E-state index < -0.39 is 16.9 Å². The Bertz CT molecular complexity index is 582. The average molecular weight is 305 g/mol. The lowest BCUT2D eigenvalue weighted by atomic mass is 10.1. The molecule has 22 heavy (non-hydrogen) atoms. The highest BCUT2D eigenvalue weighted by Crippen LogP contribution is 2.14. The van der Waals surface area contributed by atoms with Crippen LogP contribution in [0.4, 0.5) is 5.69 Å². The predicted molar refractivity (Wildman–Crippen MR) is 80.5 cm³/mol. The Morgan fingerprint density at radius 3 is 2.59 bits per heavy atom. The van der Waals surface area contributed by atoms with Crippen molar-refractivity contribution >= 4 is 17.5 Å². The zero-order valence-corrected chi connectivity index (χ0v) is 12.4. The van der Waals surface area contributed by atoms with Crippen molar-refractivity contribution in [3.05, 3.63) is 39.9 Å². The third-order valence-electron chi connectivity index (χ3n) is 3.70. The molecule has 1 saturated heterocycles. The average Bonchev–Trinajstić information content (AvgIpc) is 2.54. The van der Waals surface area contributed by atoms with E-state index in [1.807, 2.05) is 0 Å². The number of piperidine rings is 1. The van der Waals surface area contributed by atoms with Gasteiger partial charge in [-0.1, -0.05) is 6.07 Å². The van der Waals surface area contributed by atoms with Crippen molar-refractivity contribution in [1.29, 1.82) is 0 Å². The predicted octanol–water partition coefficient (Wildman–Crippen LogP) is 1.73. The third-order valence-corrected chi connectivity index (χ3v) is 3.70. The molecule has 1 heterocycles. The first-order chi connectivity index (χ1) is 10.5. The van der Waals surface area contributed by atoms with E-state index >= 15 is 0 Å². The summed E-state index contributed by atoms with van der Waals surface area (Å²) in [5.41, 5.74) is 0.0233. The van der Waals surface area contributed by atoms with Crippen LogP contribution in [0, 0.1) is 10.1 Å². The number of carbonyl (C=O) groups is 2. The van der Waals surface area contributed by atoms with Crippen LogP contribution < -0.4 is 5.32 Å². The molecule has 1 aliphatic heterocycles. The van der Waals surface area contributed by atoms with Gasteiger partial charge in [-0.3, -0.25) is 19.7 Å². The number of likely N-dealkylation sites (tertiary alicyclic amines) is 1. The molecule has 118 valence electrons. The quantitative estimate of drug-likeness (QED) is 0.677. The van der Waals surface area contributed by atoms with Gasteiger partial charge in [0.25, 0.3) is 11.6 Å². The Labute approximate surface area is 128 Å². The molecule has 1 aliphatic rings. The van der Waals surface area contributed by atoms with Crippen LogP contribution in [0.15, 0.2) is 24.3 Å². The molecule has 0 spiro atoms. The monoisotopic (exact) mass is 305 g/mol. The molecular formula is C15H19N3O4. The maximum Gasteiger partial charge on any atom is 0.270 e. The fraction of sp³-hybridized carbons (Fsp3) is 0.467. The summed E-state index contributed by atoms with van der Waals surface area (Å²) in [6.07, 6.45) is 3.09. The molecular weight excluding hydrogens is 286 g/mol. The topological polar surface area (TPSA) is 92.5 Å². The van der Waals surface area contributed by atoms with Gasteiger partial charge in [-0.2, -0.15) is 0 Å². The zero-order chi connectivity index (χ0) is 16.1. The van der Waals surface area contributed by atoms with Gasteiger partial charge in [0.05, 0.1) is 4.92 Å². The van der Waals surface area contributed by atoms with Crippen molar-refractivity contribution in [3.8, 4) is 0 Å². The zero-order valence-electron chi connectivity index (χ0n) is 12.4. The van der Waals surface area contributed by atoms with Gasteiger partial charge in [0, 0.05) is 30.8 Å². The molecule has 1 fully saturated rings. The number of nitro groups is 1. The molecule has 0 bridgehead atoms. The van der Waals surface area contributed by atoms with E-state index in [2.05, 4.69) is 5.32 Å². The highest BCUT2D eigenvalue weighted by Gasteiger charge is 2.24. The SMILES string of the molecule is CC(NC(=O)c1cccc([N+](=O)[O-])c1)C(=O)N1CCCCC1. The number of hydrogen-bond acceptors (Lipinski definition) is 4. The summed E-state index contributed by atoms with van der Waals surface area (Å²) in [4.78, 5) is 36.3. The molecule has 1 aromatic carbocycles. The Hall–Kier alpha value is -2.44. The van der Waals surface area contributed by atoms with Crippen LogP contribution in [0.25, 0.3) is 0 Å². The van der Waals surface area contributed by atoms with Gasteiger partial charge >= 0.3 is 0 Å². The standard InChI is InChI=1S/C15H19N3O4/c1-11(15(20)17-8-3-2-4-9-17)16-14(19)12-6-5-7-13(10-12)18(21)22/h5-7,10-11H,2-4,8-9H2,1H3,(H,16,19). The van der Waals surface area contributed by atoms with Crippen molar-refractivity contribution in [2.75, 3.05) is 13.1 Å². The minimum absolute atomic E-state index is 0.113. The van der Waals surface area contributed by atoms with E-state index in [4.69, 9.17) is 0 Å². The molecule has 2 amide bonds. The summed E-state index contributed by atoms with van der Waals surface area (Å²) >= 11 is 0. The Kier molecular flexibility index (Phi) is 5.08. The lowest BCUT2D eigenvalue weighted by molar-refractivity contribution is -0.384. The van der Waals surface area contributed by atoms with Gasteiger partial charge in [-0.15, -0.1) is 0 Å². The molecule has 0 aliphatic carbocycles. The lowest BCUT2D eigenvalue weighted by Crippen LogP contribution is -2.48. The summed E-state index contributed by atoms with van der Waals surface area (Å²) in [6, 6.07) is 4.81. The summed E-state index contributed by atoms with van der Waals surface area (Å²) in [6.45, 7) is 3.07. The normalized spacial score (nSPS) is 16.0. The molecule has 7 heteroatoms. The van der Waals surface area contributed by atoms with Crippen LogP contribution in [-0.2, 0) is 4.79 Å². The Morgan fingerprint density at radius 2 is 1.95 bits per heavy atom. The second-order valence-corrected chi connectivity index (χ2v) is 5.39. The highest BCUT2D eigenvalue weighted by atomic mass is 16.6. The van der Waals surface area contributed by atoms with Gasteiger partial charge in [-0.25, -0.2) is 0 Å². The van der Waals surface area contributed by atoms with E-state index in [-0.39, 0.29) is 17.2 Å². The van der Waals surface area contributed by atoms with Crippen LogP contribution >= 0.6 is 0 Å². The highest BCUT2D eigenvalue weighted by molar-refractivity contribution is 5.97. The number of hydrogen-bond donors (Lipinski definition) is 1. The number of amides is 2. The fourth-order valence-corrected chi connectivity index (χ4v) is 2.49. The minimum Gasteiger partial charge on any atom is -0.341 e. The number of carbonyl (C=O) groups excluding carboxylic acids is 2. The first-order valence-corrected chi connectivity index (χ1v) is 7.33. The molecule has 0 radical (unpaired) electrons. The Morgan fingerprint density at radius 1 is 1.27 bits per heavy atom. The third kappa shape index (κ3) is 3.81. The van der Waals surface area contributed by atoms with Crippen LogP contribution in [0.5, 0.6) is 0 Å². The smallest absolute Gasteiger partial charge is 0.270 e. The number of rotatable bonds is 4. The van der Waals surface area contributed by atoms with Crippen LogP contribution in [0.3, 0.4) is 0 Å². The molecule has 0 aromatic heterocycles. The largest absolute Gasteiger partial charge is 0.341 e. The summed E-state index contributed by atoms with van der Waals surface area (Å²) < 4.78 is 0. The number of nitro benzene ring substituents is 1. The van der Waals surface area contributed by atoms with Gasteiger partial charge < -0.3 is 10.2 Å². The maximum absolute atomic E-state index is 12.2. The first kappa shape index (κ1) is 15.9. The molecule has 1 atom stereocenters.